The van der Waals surface area contributed by atoms with E-state index in [1.54, 1.807) is 25.5 Å². The van der Waals surface area contributed by atoms with Gasteiger partial charge in [-0.2, -0.15) is 0 Å². The van der Waals surface area contributed by atoms with E-state index in [0.717, 1.165) is 0 Å². The fourth-order valence-electron chi connectivity index (χ4n) is 0.981. The van der Waals surface area contributed by atoms with E-state index in [2.05, 4.69) is 9.98 Å². The van der Waals surface area contributed by atoms with E-state index >= 15 is 0 Å². The van der Waals surface area contributed by atoms with Gasteiger partial charge < -0.3 is 10.5 Å². The lowest BCUT2D eigenvalue weighted by Gasteiger charge is -2.19. The third-order valence-corrected chi connectivity index (χ3v) is 2.37. The second-order valence-corrected chi connectivity index (χ2v) is 4.43. The number of nitrogen functional groups attached to an aromatic ring is 1. The van der Waals surface area contributed by atoms with Crippen LogP contribution in [0.5, 0.6) is 0 Å². The number of nitrogens with two attached hydrogens (primary N) is 1. The van der Waals surface area contributed by atoms with Crippen molar-refractivity contribution in [2.24, 2.45) is 4.99 Å². The zero-order valence-corrected chi connectivity index (χ0v) is 10.5. The van der Waals surface area contributed by atoms with Gasteiger partial charge in [-0.15, -0.1) is 0 Å². The van der Waals surface area contributed by atoms with Crippen LogP contribution < -0.4 is 5.73 Å². The lowest BCUT2D eigenvalue weighted by Crippen LogP contribution is -2.26. The summed E-state index contributed by atoms with van der Waals surface area (Å²) in [6.45, 7) is 4.45. The Kier molecular flexibility index (Phi) is 4.26. The van der Waals surface area contributed by atoms with Crippen LogP contribution in [0.25, 0.3) is 0 Å². The van der Waals surface area contributed by atoms with Gasteiger partial charge in [0.15, 0.2) is 0 Å². The molecule has 0 atom stereocenters. The van der Waals surface area contributed by atoms with Crippen LogP contribution in [0.3, 0.4) is 0 Å². The molecule has 0 unspecified atom stereocenters. The SMILES string of the molecule is COC(C)(C)CN=Cc1nc(Cl)ccc1N. The third kappa shape index (κ3) is 3.79. The summed E-state index contributed by atoms with van der Waals surface area (Å²) in [4.78, 5) is 8.30. The first-order valence-corrected chi connectivity index (χ1v) is 5.29. The Morgan fingerprint density at radius 3 is 2.88 bits per heavy atom. The number of methoxy groups -OCH3 is 1. The lowest BCUT2D eigenvalue weighted by atomic mass is 10.1. The van der Waals surface area contributed by atoms with Crippen LogP contribution in [0.2, 0.25) is 5.15 Å². The molecule has 0 bridgehead atoms. The topological polar surface area (TPSA) is 60.5 Å². The zero-order valence-electron chi connectivity index (χ0n) is 9.70. The molecule has 1 aromatic rings. The molecule has 0 fully saturated rings. The minimum absolute atomic E-state index is 0.288. The summed E-state index contributed by atoms with van der Waals surface area (Å²) in [7, 11) is 1.65. The van der Waals surface area contributed by atoms with Crippen LogP contribution >= 0.6 is 11.6 Å². The summed E-state index contributed by atoms with van der Waals surface area (Å²) >= 11 is 5.76. The minimum Gasteiger partial charge on any atom is -0.397 e. The Hall–Kier alpha value is -1.13. The number of rotatable bonds is 4. The molecule has 0 amide bonds. The Balaban J connectivity index is 2.73. The molecule has 4 nitrogen and oxygen atoms in total. The highest BCUT2D eigenvalue weighted by Gasteiger charge is 2.14. The lowest BCUT2D eigenvalue weighted by molar-refractivity contribution is 0.0313. The standard InChI is InChI=1S/C11H16ClN3O/c1-11(2,16-3)7-14-6-9-8(13)4-5-10(12)15-9/h4-6H,7,13H2,1-3H3. The first-order valence-electron chi connectivity index (χ1n) is 4.91. The number of halogens is 1. The summed E-state index contributed by atoms with van der Waals surface area (Å²) < 4.78 is 5.24. The number of hydrogen-bond donors (Lipinski definition) is 1. The van der Waals surface area contributed by atoms with Crippen LogP contribution in [0.15, 0.2) is 17.1 Å². The number of aliphatic imine (C=N–C) groups is 1. The molecule has 1 rings (SSSR count). The monoisotopic (exact) mass is 241 g/mol. The van der Waals surface area contributed by atoms with E-state index in [-0.39, 0.29) is 5.60 Å². The van der Waals surface area contributed by atoms with Gasteiger partial charge in [-0.05, 0) is 26.0 Å². The summed E-state index contributed by atoms with van der Waals surface area (Å²) in [5.74, 6) is 0. The molecule has 2 N–H and O–H groups in total. The van der Waals surface area contributed by atoms with Crippen molar-refractivity contribution < 1.29 is 4.74 Å². The maximum atomic E-state index is 5.76. The summed E-state index contributed by atoms with van der Waals surface area (Å²) in [6, 6.07) is 3.35. The molecular formula is C11H16ClN3O. The Morgan fingerprint density at radius 2 is 2.25 bits per heavy atom. The molecule has 0 saturated heterocycles. The van der Waals surface area contributed by atoms with Crippen molar-refractivity contribution in [3.8, 4) is 0 Å². The van der Waals surface area contributed by atoms with E-state index in [1.807, 2.05) is 13.8 Å². The molecule has 0 spiro atoms. The Bertz CT molecular complexity index is 391. The Labute approximate surface area is 100 Å². The smallest absolute Gasteiger partial charge is 0.129 e. The second-order valence-electron chi connectivity index (χ2n) is 4.04. The number of ether oxygens (including phenoxy) is 1. The molecule has 88 valence electrons. The largest absolute Gasteiger partial charge is 0.397 e. The first kappa shape index (κ1) is 12.9. The van der Waals surface area contributed by atoms with Gasteiger partial charge in [-0.3, -0.25) is 4.99 Å². The molecule has 0 aliphatic heterocycles. The average molecular weight is 242 g/mol. The molecule has 1 aromatic heterocycles. The van der Waals surface area contributed by atoms with Crippen molar-refractivity contribution in [1.29, 1.82) is 0 Å². The Morgan fingerprint density at radius 1 is 1.56 bits per heavy atom. The fraction of sp³-hybridized carbons (Fsp3) is 0.455. The summed E-state index contributed by atoms with van der Waals surface area (Å²) in [5.41, 5.74) is 6.58. The van der Waals surface area contributed by atoms with Crippen molar-refractivity contribution >= 4 is 23.5 Å². The quantitative estimate of drug-likeness (QED) is 0.649. The van der Waals surface area contributed by atoms with Crippen LogP contribution in [0, 0.1) is 0 Å². The fourth-order valence-corrected chi connectivity index (χ4v) is 1.13. The normalized spacial score (nSPS) is 12.2. The van der Waals surface area contributed by atoms with Crippen molar-refractivity contribution in [2.45, 2.75) is 19.4 Å². The van der Waals surface area contributed by atoms with Crippen molar-refractivity contribution in [2.75, 3.05) is 19.4 Å². The maximum absolute atomic E-state index is 5.76. The van der Waals surface area contributed by atoms with Crippen LogP contribution in [0.1, 0.15) is 19.5 Å². The number of hydrogen-bond acceptors (Lipinski definition) is 4. The molecule has 0 saturated carbocycles. The van der Waals surface area contributed by atoms with Gasteiger partial charge >= 0.3 is 0 Å². The average Bonchev–Trinajstić information content (AvgIpc) is 2.23. The number of pyridine rings is 1. The number of aromatic nitrogens is 1. The van der Waals surface area contributed by atoms with Gasteiger partial charge in [-0.1, -0.05) is 11.6 Å². The van der Waals surface area contributed by atoms with Crippen LogP contribution in [-0.2, 0) is 4.74 Å². The highest BCUT2D eigenvalue weighted by Crippen LogP contribution is 2.12. The summed E-state index contributed by atoms with van der Waals surface area (Å²) in [6.07, 6.45) is 1.61. The van der Waals surface area contributed by atoms with Gasteiger partial charge in [0.05, 0.1) is 17.8 Å². The molecule has 0 aliphatic carbocycles. The molecule has 0 aromatic carbocycles. The van der Waals surface area contributed by atoms with Crippen molar-refractivity contribution in [3.05, 3.63) is 23.0 Å². The highest BCUT2D eigenvalue weighted by molar-refractivity contribution is 6.29. The second kappa shape index (κ2) is 5.27. The number of nitrogens with zero attached hydrogens (tertiary/aromatic N) is 2. The predicted molar refractivity (Wildman–Crippen MR) is 67.2 cm³/mol. The third-order valence-electron chi connectivity index (χ3n) is 2.16. The molecule has 16 heavy (non-hydrogen) atoms. The van der Waals surface area contributed by atoms with E-state index < -0.39 is 0 Å². The van der Waals surface area contributed by atoms with Gasteiger partial charge in [0, 0.05) is 13.3 Å². The van der Waals surface area contributed by atoms with Gasteiger partial charge in [0.1, 0.15) is 10.8 Å². The molecule has 0 aliphatic rings. The van der Waals surface area contributed by atoms with E-state index in [1.165, 1.54) is 0 Å². The van der Waals surface area contributed by atoms with E-state index in [9.17, 15) is 0 Å². The molecule has 1 heterocycles. The molecule has 0 radical (unpaired) electrons. The highest BCUT2D eigenvalue weighted by atomic mass is 35.5. The first-order chi connectivity index (χ1) is 7.44. The minimum atomic E-state index is -0.288. The molecule has 5 heteroatoms. The van der Waals surface area contributed by atoms with Gasteiger partial charge in [-0.25, -0.2) is 4.98 Å². The van der Waals surface area contributed by atoms with Gasteiger partial charge in [0.2, 0.25) is 0 Å². The van der Waals surface area contributed by atoms with Crippen LogP contribution in [0.4, 0.5) is 5.69 Å². The van der Waals surface area contributed by atoms with Crippen molar-refractivity contribution in [3.63, 3.8) is 0 Å². The van der Waals surface area contributed by atoms with Crippen molar-refractivity contribution in [1.82, 2.24) is 4.98 Å². The summed E-state index contributed by atoms with van der Waals surface area (Å²) in [5, 5.41) is 0.404. The van der Waals surface area contributed by atoms with E-state index in [0.29, 0.717) is 23.1 Å². The molecular weight excluding hydrogens is 226 g/mol. The zero-order chi connectivity index (χ0) is 12.2. The van der Waals surface area contributed by atoms with E-state index in [4.69, 9.17) is 22.1 Å². The maximum Gasteiger partial charge on any atom is 0.129 e. The predicted octanol–water partition coefficient (Wildman–Crippen LogP) is 2.16. The number of anilines is 1. The van der Waals surface area contributed by atoms with Crippen LogP contribution in [-0.4, -0.2) is 30.5 Å². The van der Waals surface area contributed by atoms with Gasteiger partial charge in [0.25, 0.3) is 0 Å².